The summed E-state index contributed by atoms with van der Waals surface area (Å²) < 4.78 is 0.717. The van der Waals surface area contributed by atoms with Gasteiger partial charge in [-0.15, -0.1) is 0 Å². The summed E-state index contributed by atoms with van der Waals surface area (Å²) in [7, 11) is 0. The fraction of sp³-hybridized carbons (Fsp3) is 0.429. The molecule has 4 heteroatoms. The van der Waals surface area contributed by atoms with Gasteiger partial charge in [0.2, 0.25) is 5.91 Å². The molecule has 1 fully saturated rings. The van der Waals surface area contributed by atoms with E-state index in [1.54, 1.807) is 4.90 Å². The molecule has 18 heavy (non-hydrogen) atoms. The Labute approximate surface area is 118 Å². The fourth-order valence-corrected chi connectivity index (χ4v) is 3.92. The third-order valence-corrected chi connectivity index (χ3v) is 4.78. The van der Waals surface area contributed by atoms with Crippen molar-refractivity contribution in [1.29, 1.82) is 0 Å². The van der Waals surface area contributed by atoms with Crippen LogP contribution in [0.4, 0.5) is 0 Å². The molecule has 0 saturated carbocycles. The fourth-order valence-electron chi connectivity index (χ4n) is 2.15. The molecule has 1 amide bonds. The number of thioether (sulfide) groups is 1. The number of benzene rings is 1. The van der Waals surface area contributed by atoms with Crippen molar-refractivity contribution < 1.29 is 4.79 Å². The smallest absolute Gasteiger partial charge is 0.242 e. The molecule has 96 valence electrons. The number of carbonyl (C=O) groups excluding carboxylic acids is 1. The maximum Gasteiger partial charge on any atom is 0.242 e. The van der Waals surface area contributed by atoms with Crippen LogP contribution in [0.5, 0.6) is 0 Å². The standard InChI is InChI=1S/C14H17NOS2/c1-3-7-12-13(16)15(14(17)18-12)10(2)11-8-5-4-6-9-11/h4-6,8-10,12H,3,7H2,1-2H3. The summed E-state index contributed by atoms with van der Waals surface area (Å²) in [6.07, 6.45) is 1.92. The molecule has 2 nitrogen and oxygen atoms in total. The molecule has 1 saturated heterocycles. The van der Waals surface area contributed by atoms with Crippen LogP contribution >= 0.6 is 24.0 Å². The van der Waals surface area contributed by atoms with Crippen LogP contribution in [0.25, 0.3) is 0 Å². The van der Waals surface area contributed by atoms with E-state index in [1.165, 1.54) is 11.8 Å². The molecule has 0 bridgehead atoms. The van der Waals surface area contributed by atoms with Gasteiger partial charge in [0.1, 0.15) is 4.32 Å². The summed E-state index contributed by atoms with van der Waals surface area (Å²) in [6, 6.07) is 10.1. The van der Waals surface area contributed by atoms with Crippen molar-refractivity contribution in [2.45, 2.75) is 38.0 Å². The van der Waals surface area contributed by atoms with Crippen LogP contribution < -0.4 is 0 Å². The SMILES string of the molecule is CCCC1SC(=S)N(C(C)c2ccccc2)C1=O. The van der Waals surface area contributed by atoms with Crippen molar-refractivity contribution in [1.82, 2.24) is 4.90 Å². The lowest BCUT2D eigenvalue weighted by molar-refractivity contribution is -0.127. The van der Waals surface area contributed by atoms with Gasteiger partial charge in [0.15, 0.2) is 0 Å². The number of nitrogens with zero attached hydrogens (tertiary/aromatic N) is 1. The van der Waals surface area contributed by atoms with Gasteiger partial charge in [0, 0.05) is 0 Å². The first kappa shape index (κ1) is 13.6. The Balaban J connectivity index is 2.18. The summed E-state index contributed by atoms with van der Waals surface area (Å²) in [5.41, 5.74) is 1.13. The maximum atomic E-state index is 12.3. The normalized spacial score (nSPS) is 21.4. The van der Waals surface area contributed by atoms with E-state index in [-0.39, 0.29) is 17.2 Å². The minimum atomic E-state index is 0.0219. The third-order valence-electron chi connectivity index (χ3n) is 3.17. The third kappa shape index (κ3) is 2.59. The monoisotopic (exact) mass is 279 g/mol. The first-order chi connectivity index (χ1) is 8.65. The predicted octanol–water partition coefficient (Wildman–Crippen LogP) is 3.78. The van der Waals surface area contributed by atoms with Crippen molar-refractivity contribution in [3.05, 3.63) is 35.9 Å². The molecule has 0 N–H and O–H groups in total. The van der Waals surface area contributed by atoms with Crippen LogP contribution in [0.3, 0.4) is 0 Å². The van der Waals surface area contributed by atoms with Crippen LogP contribution in [0.15, 0.2) is 30.3 Å². The lowest BCUT2D eigenvalue weighted by atomic mass is 10.1. The van der Waals surface area contributed by atoms with E-state index in [4.69, 9.17) is 12.2 Å². The van der Waals surface area contributed by atoms with Crippen molar-refractivity contribution in [2.24, 2.45) is 0 Å². The number of hydrogen-bond acceptors (Lipinski definition) is 3. The van der Waals surface area contributed by atoms with Crippen molar-refractivity contribution >= 4 is 34.2 Å². The number of carbonyl (C=O) groups is 1. The summed E-state index contributed by atoms with van der Waals surface area (Å²) in [4.78, 5) is 14.1. The maximum absolute atomic E-state index is 12.3. The molecule has 2 rings (SSSR count). The van der Waals surface area contributed by atoms with Gasteiger partial charge in [-0.1, -0.05) is 67.7 Å². The van der Waals surface area contributed by atoms with Gasteiger partial charge in [0.05, 0.1) is 11.3 Å². The molecule has 0 radical (unpaired) electrons. The van der Waals surface area contributed by atoms with Crippen LogP contribution in [0.2, 0.25) is 0 Å². The van der Waals surface area contributed by atoms with E-state index in [9.17, 15) is 4.79 Å². The molecule has 1 heterocycles. The van der Waals surface area contributed by atoms with E-state index in [0.717, 1.165) is 22.7 Å². The molecule has 0 spiro atoms. The van der Waals surface area contributed by atoms with E-state index in [2.05, 4.69) is 6.92 Å². The van der Waals surface area contributed by atoms with Crippen LogP contribution in [-0.2, 0) is 4.79 Å². The highest BCUT2D eigenvalue weighted by molar-refractivity contribution is 8.24. The Morgan fingerprint density at radius 2 is 2.06 bits per heavy atom. The molecule has 1 aliphatic heterocycles. The highest BCUT2D eigenvalue weighted by Crippen LogP contribution is 2.36. The average Bonchev–Trinajstić information content (AvgIpc) is 2.65. The zero-order valence-corrected chi connectivity index (χ0v) is 12.3. The summed E-state index contributed by atoms with van der Waals surface area (Å²) in [5.74, 6) is 0.170. The topological polar surface area (TPSA) is 20.3 Å². The molecule has 1 aliphatic rings. The van der Waals surface area contributed by atoms with E-state index in [1.807, 2.05) is 37.3 Å². The zero-order chi connectivity index (χ0) is 13.1. The second-order valence-corrected chi connectivity index (χ2v) is 6.29. The quantitative estimate of drug-likeness (QED) is 0.782. The van der Waals surface area contributed by atoms with Gasteiger partial charge in [0.25, 0.3) is 0 Å². The number of rotatable bonds is 4. The Morgan fingerprint density at radius 1 is 1.39 bits per heavy atom. The number of hydrogen-bond donors (Lipinski definition) is 0. The number of amides is 1. The highest BCUT2D eigenvalue weighted by Gasteiger charge is 2.39. The summed E-state index contributed by atoms with van der Waals surface area (Å²) in [6.45, 7) is 4.13. The van der Waals surface area contributed by atoms with Crippen LogP contribution in [0.1, 0.15) is 38.3 Å². The van der Waals surface area contributed by atoms with Crippen molar-refractivity contribution in [3.8, 4) is 0 Å². The molecule has 0 aromatic heterocycles. The predicted molar refractivity (Wildman–Crippen MR) is 80.6 cm³/mol. The Morgan fingerprint density at radius 3 is 2.67 bits per heavy atom. The first-order valence-electron chi connectivity index (χ1n) is 6.23. The molecular weight excluding hydrogens is 262 g/mol. The summed E-state index contributed by atoms with van der Waals surface area (Å²) in [5, 5.41) is 0.0219. The average molecular weight is 279 g/mol. The molecule has 1 aromatic carbocycles. The second kappa shape index (κ2) is 5.85. The van der Waals surface area contributed by atoms with Crippen molar-refractivity contribution in [3.63, 3.8) is 0 Å². The van der Waals surface area contributed by atoms with E-state index < -0.39 is 0 Å². The largest absolute Gasteiger partial charge is 0.289 e. The minimum absolute atomic E-state index is 0.0219. The van der Waals surface area contributed by atoms with Gasteiger partial charge in [-0.05, 0) is 18.9 Å². The molecule has 1 aromatic rings. The Kier molecular flexibility index (Phi) is 4.40. The zero-order valence-electron chi connectivity index (χ0n) is 10.6. The second-order valence-electron chi connectivity index (χ2n) is 4.46. The number of thiocarbonyl (C=S) groups is 1. The van der Waals surface area contributed by atoms with Gasteiger partial charge in [-0.2, -0.15) is 0 Å². The molecular formula is C14H17NOS2. The lowest BCUT2D eigenvalue weighted by Crippen LogP contribution is -2.33. The molecule has 2 atom stereocenters. The highest BCUT2D eigenvalue weighted by atomic mass is 32.2. The minimum Gasteiger partial charge on any atom is -0.289 e. The lowest BCUT2D eigenvalue weighted by Gasteiger charge is -2.24. The molecule has 0 aliphatic carbocycles. The van der Waals surface area contributed by atoms with Gasteiger partial charge < -0.3 is 0 Å². The molecule has 2 unspecified atom stereocenters. The van der Waals surface area contributed by atoms with Crippen molar-refractivity contribution in [2.75, 3.05) is 0 Å². The Bertz CT molecular complexity index is 446. The van der Waals surface area contributed by atoms with Crippen LogP contribution in [0, 0.1) is 0 Å². The van der Waals surface area contributed by atoms with Gasteiger partial charge >= 0.3 is 0 Å². The first-order valence-corrected chi connectivity index (χ1v) is 7.52. The van der Waals surface area contributed by atoms with Gasteiger partial charge in [-0.25, -0.2) is 0 Å². The Hall–Kier alpha value is -0.870. The van der Waals surface area contributed by atoms with E-state index >= 15 is 0 Å². The summed E-state index contributed by atoms with van der Waals surface area (Å²) >= 11 is 6.89. The van der Waals surface area contributed by atoms with Gasteiger partial charge in [-0.3, -0.25) is 9.69 Å². The van der Waals surface area contributed by atoms with E-state index in [0.29, 0.717) is 0 Å². The van der Waals surface area contributed by atoms with Crippen LogP contribution in [-0.4, -0.2) is 20.4 Å².